The average Bonchev–Trinajstić information content (AvgIpc) is 3.24. The van der Waals surface area contributed by atoms with Gasteiger partial charge in [0.25, 0.3) is 0 Å². The van der Waals surface area contributed by atoms with Crippen molar-refractivity contribution >= 4 is 27.7 Å². The quantitative estimate of drug-likeness (QED) is 0.111. The SMILES string of the molecule is CCOc1cc([C@H](C[N+](=O)[O-])Sc2nnc(C)n2-c2ccccc2)cc(Br)c1OCc1ccccc1F. The molecule has 0 unspecified atom stereocenters. The molecule has 0 N–H and O–H groups in total. The molecule has 1 heterocycles. The van der Waals surface area contributed by atoms with Gasteiger partial charge in [-0.2, -0.15) is 0 Å². The third kappa shape index (κ3) is 6.47. The second-order valence-electron chi connectivity index (χ2n) is 7.97. The first-order valence-electron chi connectivity index (χ1n) is 11.5. The van der Waals surface area contributed by atoms with E-state index in [1.807, 2.05) is 48.7 Å². The lowest BCUT2D eigenvalue weighted by molar-refractivity contribution is -0.479. The van der Waals surface area contributed by atoms with E-state index in [1.54, 1.807) is 30.3 Å². The summed E-state index contributed by atoms with van der Waals surface area (Å²) in [6, 6.07) is 19.4. The van der Waals surface area contributed by atoms with E-state index in [4.69, 9.17) is 9.47 Å². The first kappa shape index (κ1) is 26.6. The summed E-state index contributed by atoms with van der Waals surface area (Å²) in [5.41, 5.74) is 1.91. The fraction of sp³-hybridized carbons (Fsp3) is 0.231. The molecule has 37 heavy (non-hydrogen) atoms. The number of aromatic nitrogens is 3. The molecule has 1 aromatic heterocycles. The number of hydrogen-bond donors (Lipinski definition) is 0. The number of para-hydroxylation sites is 1. The highest BCUT2D eigenvalue weighted by Crippen LogP contribution is 2.43. The molecular formula is C26H24BrFN4O4S. The van der Waals surface area contributed by atoms with Crippen LogP contribution in [0.4, 0.5) is 4.39 Å². The van der Waals surface area contributed by atoms with Gasteiger partial charge in [0.05, 0.1) is 11.1 Å². The van der Waals surface area contributed by atoms with Crippen LogP contribution in [0.3, 0.4) is 0 Å². The van der Waals surface area contributed by atoms with Crippen LogP contribution in [0.15, 0.2) is 76.4 Å². The molecule has 0 saturated heterocycles. The molecule has 0 aliphatic rings. The van der Waals surface area contributed by atoms with Gasteiger partial charge in [-0.25, -0.2) is 4.39 Å². The van der Waals surface area contributed by atoms with Crippen LogP contribution in [0.1, 0.15) is 29.1 Å². The highest BCUT2D eigenvalue weighted by atomic mass is 79.9. The van der Waals surface area contributed by atoms with Crippen molar-refractivity contribution in [2.75, 3.05) is 13.2 Å². The van der Waals surface area contributed by atoms with Crippen molar-refractivity contribution in [2.45, 2.75) is 30.9 Å². The number of aryl methyl sites for hydroxylation is 1. The lowest BCUT2D eigenvalue weighted by Crippen LogP contribution is -2.12. The molecular weight excluding hydrogens is 563 g/mol. The van der Waals surface area contributed by atoms with Gasteiger partial charge in [-0.3, -0.25) is 14.7 Å². The van der Waals surface area contributed by atoms with Crippen LogP contribution in [0, 0.1) is 22.9 Å². The van der Waals surface area contributed by atoms with Crippen molar-refractivity contribution in [3.8, 4) is 17.2 Å². The van der Waals surface area contributed by atoms with Crippen molar-refractivity contribution in [2.24, 2.45) is 0 Å². The normalized spacial score (nSPS) is 11.8. The minimum Gasteiger partial charge on any atom is -0.490 e. The van der Waals surface area contributed by atoms with Gasteiger partial charge in [-0.15, -0.1) is 10.2 Å². The van der Waals surface area contributed by atoms with Crippen LogP contribution in [0.5, 0.6) is 11.5 Å². The number of hydrogen-bond acceptors (Lipinski definition) is 7. The maximum absolute atomic E-state index is 14.1. The van der Waals surface area contributed by atoms with Gasteiger partial charge in [0.1, 0.15) is 23.5 Å². The van der Waals surface area contributed by atoms with E-state index in [1.165, 1.54) is 17.8 Å². The molecule has 4 rings (SSSR count). The molecule has 8 nitrogen and oxygen atoms in total. The number of ether oxygens (including phenoxy) is 2. The highest BCUT2D eigenvalue weighted by molar-refractivity contribution is 9.10. The van der Waals surface area contributed by atoms with Gasteiger partial charge >= 0.3 is 0 Å². The number of rotatable bonds is 11. The molecule has 3 aromatic carbocycles. The number of nitrogens with zero attached hydrogens (tertiary/aromatic N) is 4. The van der Waals surface area contributed by atoms with Gasteiger partial charge in [-0.05, 0) is 65.7 Å². The Morgan fingerprint density at radius 1 is 1.11 bits per heavy atom. The Morgan fingerprint density at radius 2 is 1.84 bits per heavy atom. The topological polar surface area (TPSA) is 92.3 Å². The first-order chi connectivity index (χ1) is 17.9. The fourth-order valence-corrected chi connectivity index (χ4v) is 5.44. The zero-order valence-corrected chi connectivity index (χ0v) is 22.5. The number of thioether (sulfide) groups is 1. The zero-order valence-electron chi connectivity index (χ0n) is 20.1. The summed E-state index contributed by atoms with van der Waals surface area (Å²) >= 11 is 4.77. The van der Waals surface area contributed by atoms with Crippen molar-refractivity contribution in [3.63, 3.8) is 0 Å². The van der Waals surface area contributed by atoms with E-state index in [2.05, 4.69) is 26.1 Å². The summed E-state index contributed by atoms with van der Waals surface area (Å²) in [6.45, 7) is 3.66. The van der Waals surface area contributed by atoms with E-state index in [0.717, 1.165) is 5.69 Å². The Hall–Kier alpha value is -3.44. The predicted octanol–water partition coefficient (Wildman–Crippen LogP) is 6.57. The van der Waals surface area contributed by atoms with Crippen LogP contribution in [0.25, 0.3) is 5.69 Å². The van der Waals surface area contributed by atoms with E-state index in [9.17, 15) is 14.5 Å². The molecule has 0 aliphatic carbocycles. The summed E-state index contributed by atoms with van der Waals surface area (Å²) in [5.74, 6) is 1.09. The van der Waals surface area contributed by atoms with Crippen LogP contribution >= 0.6 is 27.7 Å². The second-order valence-corrected chi connectivity index (χ2v) is 9.99. The molecule has 0 spiro atoms. The molecule has 0 bridgehead atoms. The predicted molar refractivity (Wildman–Crippen MR) is 143 cm³/mol. The Kier molecular flexibility index (Phi) is 8.78. The van der Waals surface area contributed by atoms with Crippen LogP contribution in [0.2, 0.25) is 0 Å². The van der Waals surface area contributed by atoms with Crippen molar-refractivity contribution in [3.05, 3.63) is 104 Å². The van der Waals surface area contributed by atoms with Crippen LogP contribution < -0.4 is 9.47 Å². The van der Waals surface area contributed by atoms with Gasteiger partial charge in [-0.1, -0.05) is 48.2 Å². The van der Waals surface area contributed by atoms with Crippen molar-refractivity contribution in [1.29, 1.82) is 0 Å². The lowest BCUT2D eigenvalue weighted by Gasteiger charge is -2.19. The Bertz CT molecular complexity index is 1390. The van der Waals surface area contributed by atoms with Crippen LogP contribution in [-0.2, 0) is 6.61 Å². The monoisotopic (exact) mass is 586 g/mol. The van der Waals surface area contributed by atoms with E-state index in [0.29, 0.717) is 44.7 Å². The van der Waals surface area contributed by atoms with Gasteiger partial charge in [0.15, 0.2) is 16.7 Å². The Labute approximate surface area is 226 Å². The molecule has 11 heteroatoms. The summed E-state index contributed by atoms with van der Waals surface area (Å²) in [7, 11) is 0. The third-order valence-electron chi connectivity index (χ3n) is 5.41. The van der Waals surface area contributed by atoms with Gasteiger partial charge < -0.3 is 9.47 Å². The summed E-state index contributed by atoms with van der Waals surface area (Å²) in [4.78, 5) is 11.3. The molecule has 0 radical (unpaired) electrons. The number of halogens is 2. The van der Waals surface area contributed by atoms with E-state index >= 15 is 0 Å². The number of benzene rings is 3. The Morgan fingerprint density at radius 3 is 2.54 bits per heavy atom. The number of nitro groups is 1. The van der Waals surface area contributed by atoms with Gasteiger partial charge in [0, 0.05) is 16.2 Å². The summed E-state index contributed by atoms with van der Waals surface area (Å²) in [5, 5.41) is 20.0. The first-order valence-corrected chi connectivity index (χ1v) is 13.1. The molecule has 4 aromatic rings. The Balaban J connectivity index is 1.67. The third-order valence-corrected chi connectivity index (χ3v) is 7.18. The van der Waals surface area contributed by atoms with E-state index in [-0.39, 0.29) is 23.9 Å². The summed E-state index contributed by atoms with van der Waals surface area (Å²) < 4.78 is 28.2. The highest BCUT2D eigenvalue weighted by Gasteiger charge is 2.26. The summed E-state index contributed by atoms with van der Waals surface area (Å²) in [6.07, 6.45) is 0. The van der Waals surface area contributed by atoms with Crippen LogP contribution in [-0.4, -0.2) is 32.8 Å². The molecule has 0 fully saturated rings. The van der Waals surface area contributed by atoms with Gasteiger partial charge in [0.2, 0.25) is 6.54 Å². The minimum absolute atomic E-state index is 0.00275. The lowest BCUT2D eigenvalue weighted by atomic mass is 10.1. The molecule has 0 saturated carbocycles. The second kappa shape index (κ2) is 12.2. The maximum atomic E-state index is 14.1. The standard InChI is InChI=1S/C26H24BrFN4O4S/c1-3-35-23-14-19(13-21(27)25(23)36-16-18-9-7-8-12-22(18)28)24(15-31(33)34)37-26-30-29-17(2)32(26)20-10-5-4-6-11-20/h4-14,24H,3,15-16H2,1-2H3/t24-/m0/s1. The smallest absolute Gasteiger partial charge is 0.220 e. The molecule has 0 aliphatic heterocycles. The molecule has 0 amide bonds. The van der Waals surface area contributed by atoms with E-state index < -0.39 is 5.25 Å². The average molecular weight is 587 g/mol. The van der Waals surface area contributed by atoms with Crippen molar-refractivity contribution in [1.82, 2.24) is 14.8 Å². The van der Waals surface area contributed by atoms with Crippen molar-refractivity contribution < 1.29 is 18.8 Å². The molecule has 1 atom stereocenters. The fourth-order valence-electron chi connectivity index (χ4n) is 3.71. The largest absolute Gasteiger partial charge is 0.490 e. The minimum atomic E-state index is -0.600. The zero-order chi connectivity index (χ0) is 26.4. The maximum Gasteiger partial charge on any atom is 0.220 e. The molecule has 192 valence electrons.